The monoisotopic (exact) mass is 363 g/mol. The minimum absolute atomic E-state index is 0.336. The van der Waals surface area contributed by atoms with Crippen molar-refractivity contribution < 1.29 is 4.79 Å². The highest BCUT2D eigenvalue weighted by Gasteiger charge is 2.17. The zero-order valence-corrected chi connectivity index (χ0v) is 14.7. The highest BCUT2D eigenvalue weighted by atomic mass is 16.2. The summed E-state index contributed by atoms with van der Waals surface area (Å²) in [6.45, 7) is 1.78. The van der Waals surface area contributed by atoms with Crippen LogP contribution >= 0.6 is 0 Å². The number of carbonyl (C=O) groups excluding carboxylic acids is 1. The van der Waals surface area contributed by atoms with E-state index in [4.69, 9.17) is 5.73 Å². The van der Waals surface area contributed by atoms with E-state index in [0.29, 0.717) is 29.0 Å². The Morgan fingerprint density at radius 3 is 2.78 bits per heavy atom. The molecule has 0 unspecified atom stereocenters. The summed E-state index contributed by atoms with van der Waals surface area (Å²) in [5, 5.41) is 9.87. The molecular formula is C17H17N9O. The highest BCUT2D eigenvalue weighted by molar-refractivity contribution is 5.79. The van der Waals surface area contributed by atoms with Crippen molar-refractivity contribution in [3.8, 4) is 11.4 Å². The molecule has 0 radical (unpaired) electrons. The molecule has 0 aliphatic rings. The number of fused-ring (bicyclic) bond motifs is 1. The molecule has 1 amide bonds. The van der Waals surface area contributed by atoms with Crippen molar-refractivity contribution in [3.05, 3.63) is 48.5 Å². The van der Waals surface area contributed by atoms with Gasteiger partial charge in [0.05, 0.1) is 5.69 Å². The summed E-state index contributed by atoms with van der Waals surface area (Å²) in [5.74, 6) is 1.95. The number of carbonyl (C=O) groups is 1. The number of hydrogen-bond donors (Lipinski definition) is 3. The molecule has 0 atom stereocenters. The smallest absolute Gasteiger partial charge is 0.341 e. The summed E-state index contributed by atoms with van der Waals surface area (Å²) in [4.78, 5) is 24.9. The zero-order chi connectivity index (χ0) is 19.0. The molecule has 4 heterocycles. The van der Waals surface area contributed by atoms with Gasteiger partial charge in [-0.2, -0.15) is 4.68 Å². The predicted octanol–water partition coefficient (Wildman–Crippen LogP) is 1.81. The van der Waals surface area contributed by atoms with E-state index in [2.05, 4.69) is 30.7 Å². The second kappa shape index (κ2) is 6.41. The molecule has 136 valence electrons. The molecule has 0 bridgehead atoms. The van der Waals surface area contributed by atoms with Crippen molar-refractivity contribution in [2.45, 2.75) is 6.92 Å². The van der Waals surface area contributed by atoms with Gasteiger partial charge < -0.3 is 16.4 Å². The molecule has 4 N–H and O–H groups in total. The Kier molecular flexibility index (Phi) is 3.92. The number of hydrogen-bond acceptors (Lipinski definition) is 7. The highest BCUT2D eigenvalue weighted by Crippen LogP contribution is 2.30. The first-order valence-electron chi connectivity index (χ1n) is 8.18. The second-order valence-electron chi connectivity index (χ2n) is 5.79. The van der Waals surface area contributed by atoms with E-state index in [9.17, 15) is 4.79 Å². The van der Waals surface area contributed by atoms with E-state index < -0.39 is 0 Å². The Morgan fingerprint density at radius 2 is 2.00 bits per heavy atom. The van der Waals surface area contributed by atoms with Gasteiger partial charge in [0.2, 0.25) is 0 Å². The number of aromatic nitrogens is 6. The van der Waals surface area contributed by atoms with Crippen LogP contribution in [-0.4, -0.2) is 42.2 Å². The molecule has 0 aliphatic heterocycles. The van der Waals surface area contributed by atoms with Crippen LogP contribution in [0.2, 0.25) is 0 Å². The molecule has 0 aliphatic carbocycles. The molecule has 4 aromatic heterocycles. The van der Waals surface area contributed by atoms with Gasteiger partial charge in [0, 0.05) is 31.6 Å². The molecule has 10 nitrogen and oxygen atoms in total. The first kappa shape index (κ1) is 16.5. The fourth-order valence-electron chi connectivity index (χ4n) is 2.78. The van der Waals surface area contributed by atoms with Crippen molar-refractivity contribution in [2.24, 2.45) is 0 Å². The molecule has 4 rings (SSSR count). The third kappa shape index (κ3) is 3.03. The SMILES string of the molecule is CNC(=O)n1ccc(Nc2nc3ccccn3c2-c2cc(N)nc(C)n2)n1. The average molecular weight is 363 g/mol. The van der Waals surface area contributed by atoms with E-state index in [1.807, 2.05) is 28.8 Å². The minimum atomic E-state index is -0.336. The van der Waals surface area contributed by atoms with Gasteiger partial charge >= 0.3 is 6.03 Å². The molecule has 0 saturated heterocycles. The minimum Gasteiger partial charge on any atom is -0.384 e. The summed E-state index contributed by atoms with van der Waals surface area (Å²) in [6, 6.07) is 8.72. The van der Waals surface area contributed by atoms with E-state index in [1.54, 1.807) is 32.3 Å². The lowest BCUT2D eigenvalue weighted by atomic mass is 10.2. The second-order valence-corrected chi connectivity index (χ2v) is 5.79. The Morgan fingerprint density at radius 1 is 1.15 bits per heavy atom. The van der Waals surface area contributed by atoms with Gasteiger partial charge in [-0.05, 0) is 19.1 Å². The van der Waals surface area contributed by atoms with Gasteiger partial charge in [-0.15, -0.1) is 5.10 Å². The molecule has 4 aromatic rings. The maximum atomic E-state index is 11.7. The number of nitrogen functional groups attached to an aromatic ring is 1. The molecule has 10 heteroatoms. The van der Waals surface area contributed by atoms with Crippen LogP contribution in [0.5, 0.6) is 0 Å². The maximum Gasteiger partial charge on any atom is 0.341 e. The lowest BCUT2D eigenvalue weighted by Gasteiger charge is -2.07. The van der Waals surface area contributed by atoms with Crippen molar-refractivity contribution in [2.75, 3.05) is 18.1 Å². The van der Waals surface area contributed by atoms with Crippen LogP contribution in [0.15, 0.2) is 42.7 Å². The Bertz CT molecular complexity index is 1120. The van der Waals surface area contributed by atoms with Gasteiger partial charge in [-0.25, -0.2) is 19.7 Å². The van der Waals surface area contributed by atoms with Crippen LogP contribution in [0.1, 0.15) is 5.82 Å². The topological polar surface area (TPSA) is 128 Å². The number of nitrogens with one attached hydrogen (secondary N) is 2. The van der Waals surface area contributed by atoms with Crippen molar-refractivity contribution >= 4 is 29.1 Å². The largest absolute Gasteiger partial charge is 0.384 e. The third-order valence-corrected chi connectivity index (χ3v) is 3.89. The van der Waals surface area contributed by atoms with Crippen LogP contribution in [-0.2, 0) is 0 Å². The lowest BCUT2D eigenvalue weighted by molar-refractivity contribution is 0.241. The summed E-state index contributed by atoms with van der Waals surface area (Å²) in [6.07, 6.45) is 3.45. The van der Waals surface area contributed by atoms with E-state index in [-0.39, 0.29) is 6.03 Å². The van der Waals surface area contributed by atoms with Crippen LogP contribution in [0.3, 0.4) is 0 Å². The zero-order valence-electron chi connectivity index (χ0n) is 14.7. The first-order valence-corrected chi connectivity index (χ1v) is 8.18. The quantitative estimate of drug-likeness (QED) is 0.506. The lowest BCUT2D eigenvalue weighted by Crippen LogP contribution is -2.24. The number of anilines is 3. The van der Waals surface area contributed by atoms with Crippen LogP contribution in [0.25, 0.3) is 17.0 Å². The van der Waals surface area contributed by atoms with Crippen LogP contribution in [0, 0.1) is 6.92 Å². The van der Waals surface area contributed by atoms with Gasteiger partial charge in [0.1, 0.15) is 23.0 Å². The van der Waals surface area contributed by atoms with Gasteiger partial charge in [0.25, 0.3) is 0 Å². The standard InChI is InChI=1S/C17H17N9O/c1-10-20-11(9-12(18)21-10)15-16(23-14-5-3-4-7-25(14)15)22-13-6-8-26(24-13)17(27)19-2/h3-9H,1-2H3,(H,19,27)(H,22,24)(H2,18,20,21). The number of rotatable bonds is 3. The third-order valence-electron chi connectivity index (χ3n) is 3.89. The fraction of sp³-hybridized carbons (Fsp3) is 0.118. The van der Waals surface area contributed by atoms with Gasteiger partial charge in [-0.3, -0.25) is 4.40 Å². The van der Waals surface area contributed by atoms with Crippen LogP contribution < -0.4 is 16.4 Å². The number of nitrogens with two attached hydrogens (primary N) is 1. The average Bonchev–Trinajstić information content (AvgIpc) is 3.24. The van der Waals surface area contributed by atoms with Crippen LogP contribution in [0.4, 0.5) is 22.2 Å². The summed E-state index contributed by atoms with van der Waals surface area (Å²) >= 11 is 0. The molecule has 0 aromatic carbocycles. The van der Waals surface area contributed by atoms with Crippen molar-refractivity contribution in [1.29, 1.82) is 0 Å². The van der Waals surface area contributed by atoms with Crippen molar-refractivity contribution in [1.82, 2.24) is 34.4 Å². The molecule has 0 fully saturated rings. The normalized spacial score (nSPS) is 10.9. The molecule has 0 spiro atoms. The first-order chi connectivity index (χ1) is 13.0. The van der Waals surface area contributed by atoms with Gasteiger partial charge in [-0.1, -0.05) is 6.07 Å². The Balaban J connectivity index is 1.83. The number of amides is 1. The Hall–Kier alpha value is -3.95. The summed E-state index contributed by atoms with van der Waals surface area (Å²) in [7, 11) is 1.54. The number of aryl methyl sites for hydroxylation is 1. The van der Waals surface area contributed by atoms with E-state index in [0.717, 1.165) is 11.3 Å². The van der Waals surface area contributed by atoms with Gasteiger partial charge in [0.15, 0.2) is 11.6 Å². The summed E-state index contributed by atoms with van der Waals surface area (Å²) < 4.78 is 3.10. The van der Waals surface area contributed by atoms with Crippen molar-refractivity contribution in [3.63, 3.8) is 0 Å². The summed E-state index contributed by atoms with van der Waals surface area (Å²) in [5.41, 5.74) is 7.99. The number of imidazole rings is 1. The molecule has 0 saturated carbocycles. The molecular weight excluding hydrogens is 346 g/mol. The maximum absolute atomic E-state index is 11.7. The van der Waals surface area contributed by atoms with E-state index >= 15 is 0 Å². The Labute approximate surface area is 154 Å². The number of pyridine rings is 1. The van der Waals surface area contributed by atoms with E-state index in [1.165, 1.54) is 4.68 Å². The molecule has 27 heavy (non-hydrogen) atoms. The fourth-order valence-corrected chi connectivity index (χ4v) is 2.78. The number of nitrogens with zero attached hydrogens (tertiary/aromatic N) is 6. The predicted molar refractivity (Wildman–Crippen MR) is 101 cm³/mol.